The summed E-state index contributed by atoms with van der Waals surface area (Å²) in [5, 5.41) is 14.7. The van der Waals surface area contributed by atoms with Crippen molar-refractivity contribution in [1.29, 1.82) is 0 Å². The van der Waals surface area contributed by atoms with E-state index in [1.54, 1.807) is 42.7 Å². The third-order valence-corrected chi connectivity index (χ3v) is 8.87. The van der Waals surface area contributed by atoms with Crippen molar-refractivity contribution >= 4 is 38.9 Å². The number of nitrogens with zero attached hydrogens (tertiary/aromatic N) is 5. The van der Waals surface area contributed by atoms with Gasteiger partial charge in [0.05, 0.1) is 30.1 Å². The topological polar surface area (TPSA) is 132 Å². The molecule has 0 unspecified atom stereocenters. The number of pyridine rings is 3. The van der Waals surface area contributed by atoms with Gasteiger partial charge in [0.1, 0.15) is 17.3 Å². The van der Waals surface area contributed by atoms with Crippen LogP contribution in [0.5, 0.6) is 5.75 Å². The van der Waals surface area contributed by atoms with E-state index in [9.17, 15) is 18.4 Å². The van der Waals surface area contributed by atoms with Crippen molar-refractivity contribution in [3.63, 3.8) is 0 Å². The number of anilines is 4. The Balaban J connectivity index is 1.20. The van der Waals surface area contributed by atoms with Crippen LogP contribution in [0.4, 0.5) is 23.0 Å². The number of ether oxygens (including phenoxy) is 1. The van der Waals surface area contributed by atoms with Gasteiger partial charge >= 0.3 is 0 Å². The molecular formula is C29H28N6O5S. The first-order chi connectivity index (χ1) is 19.7. The van der Waals surface area contributed by atoms with E-state index >= 15 is 0 Å². The number of rotatable bonds is 7. The fourth-order valence-corrected chi connectivity index (χ4v) is 6.83. The van der Waals surface area contributed by atoms with Gasteiger partial charge in [-0.3, -0.25) is 9.10 Å². The van der Waals surface area contributed by atoms with Gasteiger partial charge < -0.3 is 20.2 Å². The number of amides is 1. The summed E-state index contributed by atoms with van der Waals surface area (Å²) in [6.45, 7) is 4.80. The summed E-state index contributed by atoms with van der Waals surface area (Å²) in [4.78, 5) is 24.2. The van der Waals surface area contributed by atoms with E-state index in [0.717, 1.165) is 11.1 Å². The number of hydrogen-bond donors (Lipinski definition) is 1. The van der Waals surface area contributed by atoms with Crippen molar-refractivity contribution < 1.29 is 22.7 Å². The number of hydrogen-bond acceptors (Lipinski definition) is 8. The van der Waals surface area contributed by atoms with Crippen molar-refractivity contribution in [3.8, 4) is 5.75 Å². The van der Waals surface area contributed by atoms with Crippen LogP contribution in [0.1, 0.15) is 39.5 Å². The lowest BCUT2D eigenvalue weighted by Gasteiger charge is -2.22. The second kappa shape index (κ2) is 10.4. The van der Waals surface area contributed by atoms with Crippen molar-refractivity contribution in [1.82, 2.24) is 9.97 Å². The van der Waals surface area contributed by atoms with Gasteiger partial charge in [0, 0.05) is 42.6 Å². The Bertz CT molecular complexity index is 1780. The number of aryl methyl sites for hydroxylation is 1. The number of carbonyl (C=O) groups excluding carboxylic acids is 1. The zero-order valence-corrected chi connectivity index (χ0v) is 23.4. The molecule has 0 atom stereocenters. The summed E-state index contributed by atoms with van der Waals surface area (Å²) in [7, 11) is -3.63. The minimum atomic E-state index is -3.63. The molecule has 1 N–H and O–H groups in total. The zero-order valence-electron chi connectivity index (χ0n) is 22.6. The third kappa shape index (κ3) is 4.91. The second-order valence-electron chi connectivity index (χ2n) is 9.93. The van der Waals surface area contributed by atoms with Gasteiger partial charge in [0.15, 0.2) is 18.2 Å². The fourth-order valence-electron chi connectivity index (χ4n) is 5.20. The largest absolute Gasteiger partial charge is 0.619 e. The van der Waals surface area contributed by atoms with E-state index in [2.05, 4.69) is 15.3 Å². The summed E-state index contributed by atoms with van der Waals surface area (Å²) in [6, 6.07) is 12.2. The molecule has 0 saturated heterocycles. The van der Waals surface area contributed by atoms with Gasteiger partial charge in [-0.2, -0.15) is 4.73 Å². The number of sulfonamides is 1. The monoisotopic (exact) mass is 572 g/mol. The molecule has 1 aromatic carbocycles. The third-order valence-electron chi connectivity index (χ3n) is 7.22. The average Bonchev–Trinajstić information content (AvgIpc) is 3.13. The molecule has 0 aliphatic carbocycles. The van der Waals surface area contributed by atoms with Crippen LogP contribution >= 0.6 is 0 Å². The van der Waals surface area contributed by atoms with Crippen LogP contribution in [0.15, 0.2) is 67.3 Å². The molecule has 41 heavy (non-hydrogen) atoms. The number of benzene rings is 1. The summed E-state index contributed by atoms with van der Waals surface area (Å²) in [6.07, 6.45) is 6.61. The van der Waals surface area contributed by atoms with Crippen molar-refractivity contribution in [2.45, 2.75) is 32.6 Å². The van der Waals surface area contributed by atoms with Crippen molar-refractivity contribution in [2.24, 2.45) is 0 Å². The van der Waals surface area contributed by atoms with Gasteiger partial charge in [-0.05, 0) is 55.3 Å². The molecule has 210 valence electrons. The standard InChI is InChI=1S/C29H28N6O5S/c1-3-34-27-22(29(36)32-26-19(2)9-11-30-28(26)34)14-20(15-31-27)10-13-40-25-8-4-7-24-23(25)18-41(38,39)35(24)17-21-6-5-12-33(37)16-21/h4-9,11-12,14-16H,3,10,13,17-18H2,1-2H3,(H,32,36). The fraction of sp³-hybridized carbons (Fsp3) is 0.241. The first-order valence-corrected chi connectivity index (χ1v) is 14.8. The number of nitrogens with one attached hydrogen (secondary N) is 1. The molecule has 11 nitrogen and oxygen atoms in total. The molecule has 0 fully saturated rings. The first-order valence-electron chi connectivity index (χ1n) is 13.2. The molecule has 6 rings (SSSR count). The lowest BCUT2D eigenvalue weighted by atomic mass is 10.1. The van der Waals surface area contributed by atoms with Crippen molar-refractivity contribution in [3.05, 3.63) is 100 Å². The van der Waals surface area contributed by atoms with Gasteiger partial charge in [0.25, 0.3) is 5.91 Å². The summed E-state index contributed by atoms with van der Waals surface area (Å²) < 4.78 is 34.1. The lowest BCUT2D eigenvalue weighted by molar-refractivity contribution is -0.605. The molecule has 1 amide bonds. The van der Waals surface area contributed by atoms with E-state index in [1.807, 2.05) is 30.9 Å². The van der Waals surface area contributed by atoms with Crippen molar-refractivity contribution in [2.75, 3.05) is 27.7 Å². The van der Waals surface area contributed by atoms with Crippen LogP contribution in [0.2, 0.25) is 0 Å². The molecule has 3 aromatic heterocycles. The van der Waals surface area contributed by atoms with E-state index in [1.165, 1.54) is 16.7 Å². The Labute approximate surface area is 237 Å². The van der Waals surface area contributed by atoms with E-state index < -0.39 is 10.0 Å². The van der Waals surface area contributed by atoms with Crippen LogP contribution < -0.4 is 24.0 Å². The van der Waals surface area contributed by atoms with Crippen LogP contribution in [0, 0.1) is 12.1 Å². The maximum atomic E-state index is 13.2. The van der Waals surface area contributed by atoms with Crippen LogP contribution in [-0.4, -0.2) is 37.4 Å². The predicted octanol–water partition coefficient (Wildman–Crippen LogP) is 3.61. The highest BCUT2D eigenvalue weighted by molar-refractivity contribution is 7.92. The number of fused-ring (bicyclic) bond motifs is 3. The van der Waals surface area contributed by atoms with Gasteiger partial charge in [-0.15, -0.1) is 0 Å². The summed E-state index contributed by atoms with van der Waals surface area (Å²) in [5.41, 5.74) is 4.54. The Morgan fingerprint density at radius 2 is 1.98 bits per heavy atom. The maximum Gasteiger partial charge on any atom is 0.259 e. The molecule has 4 aromatic rings. The van der Waals surface area contributed by atoms with Crippen LogP contribution in [0.25, 0.3) is 0 Å². The highest BCUT2D eigenvalue weighted by atomic mass is 32.2. The van der Waals surface area contributed by atoms with Gasteiger partial charge in [0.2, 0.25) is 10.0 Å². The van der Waals surface area contributed by atoms with E-state index in [4.69, 9.17) is 4.74 Å². The van der Waals surface area contributed by atoms with Crippen LogP contribution in [0.3, 0.4) is 0 Å². The molecule has 12 heteroatoms. The maximum absolute atomic E-state index is 13.2. The molecule has 0 radical (unpaired) electrons. The predicted molar refractivity (Wildman–Crippen MR) is 154 cm³/mol. The molecule has 2 aliphatic rings. The Morgan fingerprint density at radius 3 is 2.78 bits per heavy atom. The Morgan fingerprint density at radius 1 is 1.12 bits per heavy atom. The molecule has 2 aliphatic heterocycles. The van der Waals surface area contributed by atoms with Crippen LogP contribution in [-0.2, 0) is 28.7 Å². The molecule has 0 spiro atoms. The SMILES string of the molecule is CCN1c2ncc(CCOc3cccc4c3CS(=O)(=O)N4Cc3ccc[n+]([O-])c3)cc2C(=O)Nc2c(C)ccnc21. The normalized spacial score (nSPS) is 15.0. The quantitative estimate of drug-likeness (QED) is 0.262. The molecule has 0 saturated carbocycles. The average molecular weight is 573 g/mol. The van der Waals surface area contributed by atoms with Gasteiger partial charge in [-0.1, -0.05) is 6.07 Å². The summed E-state index contributed by atoms with van der Waals surface area (Å²) >= 11 is 0. The summed E-state index contributed by atoms with van der Waals surface area (Å²) in [5.74, 6) is 1.23. The molecule has 5 heterocycles. The Hall–Kier alpha value is -4.71. The first kappa shape index (κ1) is 26.5. The number of aromatic nitrogens is 3. The lowest BCUT2D eigenvalue weighted by Crippen LogP contribution is -2.29. The second-order valence-corrected chi connectivity index (χ2v) is 11.8. The number of carbonyl (C=O) groups is 1. The highest BCUT2D eigenvalue weighted by Gasteiger charge is 2.35. The highest BCUT2D eigenvalue weighted by Crippen LogP contribution is 2.40. The zero-order chi connectivity index (χ0) is 28.7. The van der Waals surface area contributed by atoms with E-state index in [0.29, 0.717) is 63.1 Å². The molecule has 0 bridgehead atoms. The minimum absolute atomic E-state index is 0.0540. The Kier molecular flexibility index (Phi) is 6.70. The molecular weight excluding hydrogens is 544 g/mol. The smallest absolute Gasteiger partial charge is 0.259 e. The van der Waals surface area contributed by atoms with E-state index in [-0.39, 0.29) is 24.8 Å². The van der Waals surface area contributed by atoms with Gasteiger partial charge in [-0.25, -0.2) is 18.4 Å². The minimum Gasteiger partial charge on any atom is -0.619 e.